The molecule has 0 saturated carbocycles. The fraction of sp³-hybridized carbons (Fsp3) is 0.467. The summed E-state index contributed by atoms with van der Waals surface area (Å²) >= 11 is 0. The molecule has 0 saturated heterocycles. The molecule has 11 nitrogen and oxygen atoms in total. The van der Waals surface area contributed by atoms with E-state index < -0.39 is 7.82 Å². The normalized spacial score (nSPS) is 13.7. The summed E-state index contributed by atoms with van der Waals surface area (Å²) in [6.07, 6.45) is 6.18. The number of phosphoric acid groups is 1. The molecule has 1 N–H and O–H groups in total. The molecule has 42 heavy (non-hydrogen) atoms. The lowest BCUT2D eigenvalue weighted by atomic mass is 9.95. The van der Waals surface area contributed by atoms with Crippen LogP contribution in [-0.4, -0.2) is 47.1 Å². The second kappa shape index (κ2) is 15.2. The van der Waals surface area contributed by atoms with Gasteiger partial charge in [-0.15, -0.1) is 5.10 Å². The maximum atomic E-state index is 13.6. The number of fused-ring (bicyclic) bond motifs is 5. The molecule has 0 fully saturated rings. The zero-order chi connectivity index (χ0) is 30.0. The molecule has 0 spiro atoms. The molecule has 2 aromatic carbocycles. The number of carbonyl (C=O) groups is 2. The van der Waals surface area contributed by atoms with Gasteiger partial charge in [0.1, 0.15) is 5.69 Å². The Hall–Kier alpha value is -3.37. The largest absolute Gasteiger partial charge is 0.756 e. The molecule has 2 amide bonds. The van der Waals surface area contributed by atoms with Gasteiger partial charge >= 0.3 is 0 Å². The average Bonchev–Trinajstić information content (AvgIpc) is 3.36. The van der Waals surface area contributed by atoms with E-state index in [9.17, 15) is 19.0 Å². The van der Waals surface area contributed by atoms with E-state index in [4.69, 9.17) is 0 Å². The van der Waals surface area contributed by atoms with Gasteiger partial charge in [0, 0.05) is 44.7 Å². The Balaban J connectivity index is 1.21. The third kappa shape index (κ3) is 8.35. The predicted molar refractivity (Wildman–Crippen MR) is 158 cm³/mol. The van der Waals surface area contributed by atoms with Crippen LogP contribution in [0.15, 0.2) is 48.5 Å². The lowest BCUT2D eigenvalue weighted by Crippen LogP contribution is -2.31. The van der Waals surface area contributed by atoms with Crippen LogP contribution in [0.4, 0.5) is 5.69 Å². The van der Waals surface area contributed by atoms with Crippen LogP contribution in [0.1, 0.15) is 63.4 Å². The Morgan fingerprint density at radius 2 is 1.64 bits per heavy atom. The zero-order valence-corrected chi connectivity index (χ0v) is 25.2. The Bertz CT molecular complexity index is 1410. The molecule has 0 aliphatic carbocycles. The van der Waals surface area contributed by atoms with Gasteiger partial charge in [0.2, 0.25) is 11.8 Å². The molecular weight excluding hydrogens is 557 g/mol. The van der Waals surface area contributed by atoms with Gasteiger partial charge in [-0.05, 0) is 43.7 Å². The molecule has 1 unspecified atom stereocenters. The number of benzene rings is 2. The lowest BCUT2D eigenvalue weighted by Gasteiger charge is -2.28. The van der Waals surface area contributed by atoms with Crippen molar-refractivity contribution >= 4 is 25.3 Å². The number of carbonyl (C=O) groups excluding carboxylic acids is 2. The second-order valence-electron chi connectivity index (χ2n) is 10.4. The van der Waals surface area contributed by atoms with Crippen LogP contribution in [0.5, 0.6) is 0 Å². The van der Waals surface area contributed by atoms with Crippen molar-refractivity contribution in [1.82, 2.24) is 20.3 Å². The van der Waals surface area contributed by atoms with Gasteiger partial charge in [0.05, 0.1) is 24.5 Å². The van der Waals surface area contributed by atoms with Crippen LogP contribution in [-0.2, 0) is 36.8 Å². The number of para-hydroxylation sites is 1. The van der Waals surface area contributed by atoms with Crippen LogP contribution in [0.25, 0.3) is 22.5 Å². The molecule has 2 heterocycles. The molecular formula is C30H39N5O6P-. The van der Waals surface area contributed by atoms with Gasteiger partial charge in [-0.25, -0.2) is 4.68 Å². The van der Waals surface area contributed by atoms with E-state index in [1.54, 1.807) is 4.68 Å². The second-order valence-corrected chi connectivity index (χ2v) is 11.9. The van der Waals surface area contributed by atoms with Gasteiger partial charge < -0.3 is 24.2 Å². The molecule has 1 aromatic heterocycles. The van der Waals surface area contributed by atoms with Gasteiger partial charge in [0.25, 0.3) is 7.82 Å². The minimum atomic E-state index is -4.16. The van der Waals surface area contributed by atoms with Gasteiger partial charge in [0.15, 0.2) is 0 Å². The smallest absolute Gasteiger partial charge is 0.267 e. The van der Waals surface area contributed by atoms with Crippen molar-refractivity contribution in [1.29, 1.82) is 0 Å². The summed E-state index contributed by atoms with van der Waals surface area (Å²) < 4.78 is 21.8. The number of nitrogens with zero attached hydrogens (tertiary/aromatic N) is 4. The van der Waals surface area contributed by atoms with Crippen molar-refractivity contribution in [2.45, 2.75) is 64.3 Å². The molecule has 1 atom stereocenters. The van der Waals surface area contributed by atoms with Crippen molar-refractivity contribution < 1.29 is 28.1 Å². The van der Waals surface area contributed by atoms with Crippen molar-refractivity contribution in [3.05, 3.63) is 54.1 Å². The SMILES string of the molecule is COP(=O)([O-])OCCCCCNC(=O)CCCCCCC(=O)N1Cc2ccccc2-c2nnn(C)c2-c2ccccc21. The first-order valence-electron chi connectivity index (χ1n) is 14.5. The van der Waals surface area contributed by atoms with Gasteiger partial charge in [-0.2, -0.15) is 0 Å². The Labute approximate surface area is 246 Å². The van der Waals surface area contributed by atoms with E-state index in [2.05, 4.69) is 24.7 Å². The fourth-order valence-electron chi connectivity index (χ4n) is 5.12. The minimum Gasteiger partial charge on any atom is -0.756 e. The summed E-state index contributed by atoms with van der Waals surface area (Å²) in [6.45, 7) is 1.08. The zero-order valence-electron chi connectivity index (χ0n) is 24.3. The molecule has 12 heteroatoms. The fourth-order valence-corrected chi connectivity index (χ4v) is 5.57. The standard InChI is InChI=1S/C30H40N5O6P/c1-34-30-25-16-10-11-17-26(25)35(22-23-14-8-9-15-24(23)29(30)32-33-34)28(37)19-7-4-3-6-18-27(36)31-20-12-5-13-21-41-42(38,39)40-2/h8-11,14-17H,3-7,12-13,18-22H2,1-2H3,(H,31,36)(H,38,39)/p-1. The average molecular weight is 597 g/mol. The Morgan fingerprint density at radius 1 is 0.952 bits per heavy atom. The number of phosphoric ester groups is 1. The van der Waals surface area contributed by atoms with E-state index in [1.807, 2.05) is 60.5 Å². The molecule has 1 aliphatic rings. The molecule has 226 valence electrons. The van der Waals surface area contributed by atoms with Crippen LogP contribution >= 0.6 is 7.82 Å². The summed E-state index contributed by atoms with van der Waals surface area (Å²) in [6, 6.07) is 15.9. The molecule has 3 aromatic rings. The number of amides is 2. The number of aryl methyl sites for hydroxylation is 1. The van der Waals surface area contributed by atoms with E-state index in [1.165, 1.54) is 0 Å². The molecule has 0 bridgehead atoms. The van der Waals surface area contributed by atoms with Crippen molar-refractivity contribution in [3.63, 3.8) is 0 Å². The van der Waals surface area contributed by atoms with Crippen LogP contribution < -0.4 is 15.1 Å². The highest BCUT2D eigenvalue weighted by atomic mass is 31.2. The number of nitrogens with one attached hydrogen (secondary N) is 1. The number of anilines is 1. The quantitative estimate of drug-likeness (QED) is 0.196. The van der Waals surface area contributed by atoms with Gasteiger partial charge in [-0.3, -0.25) is 14.2 Å². The number of aromatic nitrogens is 3. The Morgan fingerprint density at radius 3 is 2.43 bits per heavy atom. The van der Waals surface area contributed by atoms with Crippen molar-refractivity contribution in [2.75, 3.05) is 25.2 Å². The van der Waals surface area contributed by atoms with E-state index in [0.29, 0.717) is 32.4 Å². The van der Waals surface area contributed by atoms with E-state index in [0.717, 1.165) is 79.4 Å². The van der Waals surface area contributed by atoms with Crippen LogP contribution in [0.2, 0.25) is 0 Å². The van der Waals surface area contributed by atoms with Crippen LogP contribution in [0.3, 0.4) is 0 Å². The van der Waals surface area contributed by atoms with E-state index >= 15 is 0 Å². The number of hydrogen-bond donors (Lipinski definition) is 1. The maximum Gasteiger partial charge on any atom is 0.267 e. The summed E-state index contributed by atoms with van der Waals surface area (Å²) in [5.74, 6) is 0.0740. The maximum absolute atomic E-state index is 13.6. The monoisotopic (exact) mass is 596 g/mol. The summed E-state index contributed by atoms with van der Waals surface area (Å²) in [7, 11) is -1.23. The summed E-state index contributed by atoms with van der Waals surface area (Å²) in [5.41, 5.74) is 5.51. The minimum absolute atomic E-state index is 0.00527. The number of unbranched alkanes of at least 4 members (excludes halogenated alkanes) is 5. The first-order valence-corrected chi connectivity index (χ1v) is 15.9. The highest BCUT2D eigenvalue weighted by Crippen LogP contribution is 2.41. The Kier molecular flexibility index (Phi) is 11.4. The first-order chi connectivity index (χ1) is 20.3. The highest BCUT2D eigenvalue weighted by molar-refractivity contribution is 7.45. The van der Waals surface area contributed by atoms with Crippen molar-refractivity contribution in [2.24, 2.45) is 7.05 Å². The first kappa shape index (κ1) is 31.6. The lowest BCUT2D eigenvalue weighted by molar-refractivity contribution is -0.223. The van der Waals surface area contributed by atoms with Crippen LogP contribution in [0, 0.1) is 0 Å². The summed E-state index contributed by atoms with van der Waals surface area (Å²) in [4.78, 5) is 38.7. The molecule has 4 rings (SSSR count). The number of rotatable bonds is 15. The third-order valence-electron chi connectivity index (χ3n) is 7.34. The molecule has 0 radical (unpaired) electrons. The van der Waals surface area contributed by atoms with Gasteiger partial charge in [-0.1, -0.05) is 60.5 Å². The topological polar surface area (TPSA) is 139 Å². The van der Waals surface area contributed by atoms with Crippen molar-refractivity contribution in [3.8, 4) is 22.5 Å². The molecule has 1 aliphatic heterocycles. The number of hydrogen-bond acceptors (Lipinski definition) is 8. The predicted octanol–water partition coefficient (Wildman–Crippen LogP) is 4.75. The highest BCUT2D eigenvalue weighted by Gasteiger charge is 2.28. The third-order valence-corrected chi connectivity index (χ3v) is 8.29. The summed E-state index contributed by atoms with van der Waals surface area (Å²) in [5, 5.41) is 11.6. The van der Waals surface area contributed by atoms with E-state index in [-0.39, 0.29) is 18.4 Å².